The summed E-state index contributed by atoms with van der Waals surface area (Å²) in [6.07, 6.45) is 0.0525. The number of hydrogen-bond donors (Lipinski definition) is 3. The summed E-state index contributed by atoms with van der Waals surface area (Å²) < 4.78 is 10.5. The molecule has 0 bridgehead atoms. The minimum Gasteiger partial charge on any atom is -0.496 e. The summed E-state index contributed by atoms with van der Waals surface area (Å²) in [6, 6.07) is 4.73. The maximum atomic E-state index is 11.9. The van der Waals surface area contributed by atoms with E-state index in [9.17, 15) is 14.7 Å². The number of carboxylic acids is 1. The van der Waals surface area contributed by atoms with Crippen molar-refractivity contribution < 1.29 is 24.2 Å². The Morgan fingerprint density at radius 1 is 1.33 bits per heavy atom. The van der Waals surface area contributed by atoms with Gasteiger partial charge in [0.05, 0.1) is 12.5 Å². The second kappa shape index (κ2) is 6.32. The first-order valence-electron chi connectivity index (χ1n) is 7.75. The predicted molar refractivity (Wildman–Crippen MR) is 89.4 cm³/mol. The second-order valence-corrected chi connectivity index (χ2v) is 7.10. The van der Waals surface area contributed by atoms with Crippen molar-refractivity contribution in [1.82, 2.24) is 0 Å². The summed E-state index contributed by atoms with van der Waals surface area (Å²) in [4.78, 5) is 23.7. The third kappa shape index (κ3) is 3.62. The van der Waals surface area contributed by atoms with E-state index in [1.165, 1.54) is 7.11 Å². The number of aliphatic carboxylic acids is 1. The van der Waals surface area contributed by atoms with E-state index in [2.05, 4.69) is 5.32 Å². The van der Waals surface area contributed by atoms with Crippen molar-refractivity contribution in [2.24, 2.45) is 5.73 Å². The van der Waals surface area contributed by atoms with Gasteiger partial charge in [-0.25, -0.2) is 4.79 Å². The van der Waals surface area contributed by atoms with Gasteiger partial charge in [0.2, 0.25) is 0 Å². The van der Waals surface area contributed by atoms with Crippen LogP contribution in [-0.4, -0.2) is 35.9 Å². The van der Waals surface area contributed by atoms with Gasteiger partial charge in [0.15, 0.2) is 0 Å². The van der Waals surface area contributed by atoms with Crippen molar-refractivity contribution in [3.63, 3.8) is 0 Å². The SMILES string of the molecule is COc1ccc(NC(=O)OC(C)(C)C)cc1C1(C(=O)O)CC(N)C1. The van der Waals surface area contributed by atoms with Gasteiger partial charge in [-0.2, -0.15) is 0 Å². The van der Waals surface area contributed by atoms with Crippen molar-refractivity contribution in [3.05, 3.63) is 23.8 Å². The highest BCUT2D eigenvalue weighted by Gasteiger charge is 2.52. The zero-order chi connectivity index (χ0) is 18.1. The molecule has 2 rings (SSSR count). The molecule has 24 heavy (non-hydrogen) atoms. The fraction of sp³-hybridized carbons (Fsp3) is 0.529. The van der Waals surface area contributed by atoms with Crippen molar-refractivity contribution in [1.29, 1.82) is 0 Å². The molecule has 1 aromatic rings. The van der Waals surface area contributed by atoms with Crippen LogP contribution in [0.5, 0.6) is 5.75 Å². The lowest BCUT2D eigenvalue weighted by molar-refractivity contribution is -0.148. The van der Waals surface area contributed by atoms with Crippen LogP contribution in [0.4, 0.5) is 10.5 Å². The number of nitrogens with one attached hydrogen (secondary N) is 1. The number of amides is 1. The Labute approximate surface area is 141 Å². The van der Waals surface area contributed by atoms with Gasteiger partial charge in [-0.15, -0.1) is 0 Å². The summed E-state index contributed by atoms with van der Waals surface area (Å²) in [7, 11) is 1.48. The quantitative estimate of drug-likeness (QED) is 0.779. The Morgan fingerprint density at radius 2 is 1.96 bits per heavy atom. The van der Waals surface area contributed by atoms with Crippen molar-refractivity contribution in [2.45, 2.75) is 50.7 Å². The number of carboxylic acid groups (broad SMARTS) is 1. The Morgan fingerprint density at radius 3 is 2.42 bits per heavy atom. The molecule has 7 nitrogen and oxygen atoms in total. The zero-order valence-electron chi connectivity index (χ0n) is 14.4. The van der Waals surface area contributed by atoms with E-state index < -0.39 is 23.1 Å². The number of hydrogen-bond acceptors (Lipinski definition) is 5. The number of rotatable bonds is 4. The molecule has 0 spiro atoms. The highest BCUT2D eigenvalue weighted by atomic mass is 16.6. The van der Waals surface area contributed by atoms with Gasteiger partial charge in [0, 0.05) is 17.3 Å². The first-order valence-corrected chi connectivity index (χ1v) is 7.75. The molecule has 0 aliphatic heterocycles. The van der Waals surface area contributed by atoms with Crippen LogP contribution in [-0.2, 0) is 14.9 Å². The summed E-state index contributed by atoms with van der Waals surface area (Å²) in [6.45, 7) is 5.30. The topological polar surface area (TPSA) is 111 Å². The molecule has 1 amide bonds. The van der Waals surface area contributed by atoms with Crippen LogP contribution in [0.3, 0.4) is 0 Å². The van der Waals surface area contributed by atoms with Crippen molar-refractivity contribution in [2.75, 3.05) is 12.4 Å². The van der Waals surface area contributed by atoms with Gasteiger partial charge < -0.3 is 20.3 Å². The lowest BCUT2D eigenvalue weighted by atomic mass is 9.61. The largest absolute Gasteiger partial charge is 0.496 e. The molecular formula is C17H24N2O5. The normalized spacial score (nSPS) is 23.1. The van der Waals surface area contributed by atoms with Gasteiger partial charge in [-0.1, -0.05) is 0 Å². The molecule has 7 heteroatoms. The van der Waals surface area contributed by atoms with Crippen LogP contribution in [0.1, 0.15) is 39.2 Å². The van der Waals surface area contributed by atoms with E-state index in [-0.39, 0.29) is 6.04 Å². The lowest BCUT2D eigenvalue weighted by Crippen LogP contribution is -2.54. The number of nitrogens with two attached hydrogens (primary N) is 1. The molecule has 1 fully saturated rings. The minimum atomic E-state index is -1.09. The van der Waals surface area contributed by atoms with Crippen LogP contribution in [0.25, 0.3) is 0 Å². The number of benzene rings is 1. The van der Waals surface area contributed by atoms with Crippen LogP contribution >= 0.6 is 0 Å². The molecule has 1 saturated carbocycles. The predicted octanol–water partition coefficient (Wildman–Crippen LogP) is 2.49. The molecule has 1 aliphatic carbocycles. The molecule has 0 radical (unpaired) electrons. The highest BCUT2D eigenvalue weighted by molar-refractivity contribution is 5.88. The number of methoxy groups -OCH3 is 1. The van der Waals surface area contributed by atoms with E-state index in [1.54, 1.807) is 39.0 Å². The van der Waals surface area contributed by atoms with E-state index in [4.69, 9.17) is 15.2 Å². The standard InChI is InChI=1S/C17H24N2O5/c1-16(2,3)24-15(22)19-11-5-6-13(23-4)12(7-11)17(14(20)21)8-10(18)9-17/h5-7,10H,8-9,18H2,1-4H3,(H,19,22)(H,20,21). The van der Waals surface area contributed by atoms with Gasteiger partial charge in [0.1, 0.15) is 11.4 Å². The molecular weight excluding hydrogens is 312 g/mol. The molecule has 0 aromatic heterocycles. The first-order chi connectivity index (χ1) is 11.1. The van der Waals surface area contributed by atoms with Gasteiger partial charge in [-0.3, -0.25) is 10.1 Å². The van der Waals surface area contributed by atoms with Crippen LogP contribution in [0.2, 0.25) is 0 Å². The molecule has 0 saturated heterocycles. The molecule has 132 valence electrons. The summed E-state index contributed by atoms with van der Waals surface area (Å²) in [5.41, 5.74) is 5.06. The summed E-state index contributed by atoms with van der Waals surface area (Å²) in [5.74, 6) is -0.490. The minimum absolute atomic E-state index is 0.159. The van der Waals surface area contributed by atoms with Crippen LogP contribution in [0.15, 0.2) is 18.2 Å². The number of anilines is 1. The smallest absolute Gasteiger partial charge is 0.412 e. The molecule has 0 unspecified atom stereocenters. The monoisotopic (exact) mass is 336 g/mol. The maximum Gasteiger partial charge on any atom is 0.412 e. The molecule has 4 N–H and O–H groups in total. The average molecular weight is 336 g/mol. The molecule has 0 heterocycles. The Hall–Kier alpha value is -2.28. The van der Waals surface area contributed by atoms with E-state index in [0.29, 0.717) is 29.8 Å². The van der Waals surface area contributed by atoms with Crippen molar-refractivity contribution >= 4 is 17.7 Å². The Kier molecular flexibility index (Phi) is 4.75. The third-order valence-corrected chi connectivity index (χ3v) is 3.99. The van der Waals surface area contributed by atoms with E-state index >= 15 is 0 Å². The fourth-order valence-corrected chi connectivity index (χ4v) is 2.93. The third-order valence-electron chi connectivity index (χ3n) is 3.99. The Bertz CT molecular complexity index is 645. The van der Waals surface area contributed by atoms with Gasteiger partial charge in [0.25, 0.3) is 0 Å². The van der Waals surface area contributed by atoms with E-state index in [1.807, 2.05) is 0 Å². The van der Waals surface area contributed by atoms with Gasteiger partial charge >= 0.3 is 12.1 Å². The number of ether oxygens (including phenoxy) is 2. The molecule has 1 aromatic carbocycles. The summed E-state index contributed by atoms with van der Waals surface area (Å²) >= 11 is 0. The molecule has 0 atom stereocenters. The molecule has 1 aliphatic rings. The van der Waals surface area contributed by atoms with Crippen molar-refractivity contribution in [3.8, 4) is 5.75 Å². The Balaban J connectivity index is 2.31. The van der Waals surface area contributed by atoms with Crippen LogP contribution < -0.4 is 15.8 Å². The number of carbonyl (C=O) groups is 2. The zero-order valence-corrected chi connectivity index (χ0v) is 14.4. The fourth-order valence-electron chi connectivity index (χ4n) is 2.93. The number of carbonyl (C=O) groups excluding carboxylic acids is 1. The maximum absolute atomic E-state index is 11.9. The summed E-state index contributed by atoms with van der Waals surface area (Å²) in [5, 5.41) is 12.3. The second-order valence-electron chi connectivity index (χ2n) is 7.10. The van der Waals surface area contributed by atoms with Crippen LogP contribution in [0, 0.1) is 0 Å². The van der Waals surface area contributed by atoms with E-state index in [0.717, 1.165) is 0 Å². The van der Waals surface area contributed by atoms with Gasteiger partial charge in [-0.05, 0) is 51.8 Å². The lowest BCUT2D eigenvalue weighted by Gasteiger charge is -2.43. The average Bonchev–Trinajstić information content (AvgIpc) is 2.41. The highest BCUT2D eigenvalue weighted by Crippen LogP contribution is 2.47. The first kappa shape index (κ1) is 18.1.